The molecule has 0 amide bonds. The van der Waals surface area contributed by atoms with Gasteiger partial charge in [0.05, 0.1) is 13.2 Å². The van der Waals surface area contributed by atoms with Gasteiger partial charge in [-0.25, -0.2) is 19.9 Å². The molecular weight excluding hydrogens is 304 g/mol. The summed E-state index contributed by atoms with van der Waals surface area (Å²) in [5.74, 6) is 2.53. The van der Waals surface area contributed by atoms with Crippen molar-refractivity contribution in [3.05, 3.63) is 41.4 Å². The van der Waals surface area contributed by atoms with E-state index in [-0.39, 0.29) is 6.61 Å². The van der Waals surface area contributed by atoms with E-state index in [2.05, 4.69) is 29.7 Å². The van der Waals surface area contributed by atoms with Gasteiger partial charge >= 0.3 is 0 Å². The second-order valence-corrected chi connectivity index (χ2v) is 6.13. The number of aryl methyl sites for hydroxylation is 2. The summed E-state index contributed by atoms with van der Waals surface area (Å²) in [4.78, 5) is 22.4. The largest absolute Gasteiger partial charge is 0.396 e. The first kappa shape index (κ1) is 16.7. The number of aliphatic hydroxyl groups is 1. The van der Waals surface area contributed by atoms with E-state index in [0.717, 1.165) is 55.8 Å². The van der Waals surface area contributed by atoms with E-state index in [1.165, 1.54) is 0 Å². The van der Waals surface area contributed by atoms with Gasteiger partial charge in [0, 0.05) is 50.2 Å². The summed E-state index contributed by atoms with van der Waals surface area (Å²) in [5.41, 5.74) is 2.04. The lowest BCUT2D eigenvalue weighted by Gasteiger charge is -2.35. The van der Waals surface area contributed by atoms with Crippen molar-refractivity contribution < 1.29 is 5.11 Å². The molecule has 3 rings (SSSR count). The zero-order valence-corrected chi connectivity index (χ0v) is 14.3. The van der Waals surface area contributed by atoms with Gasteiger partial charge in [-0.05, 0) is 26.0 Å². The van der Waals surface area contributed by atoms with Crippen molar-refractivity contribution in [2.45, 2.75) is 26.8 Å². The summed E-state index contributed by atoms with van der Waals surface area (Å²) in [5, 5.41) is 9.02. The molecule has 2 aromatic heterocycles. The van der Waals surface area contributed by atoms with E-state index in [4.69, 9.17) is 5.11 Å². The molecule has 3 heterocycles. The Morgan fingerprint density at radius 3 is 2.38 bits per heavy atom. The molecule has 0 atom stereocenters. The first-order valence-corrected chi connectivity index (χ1v) is 8.35. The Hall–Kier alpha value is -2.12. The second kappa shape index (κ2) is 7.63. The molecule has 24 heavy (non-hydrogen) atoms. The van der Waals surface area contributed by atoms with Crippen LogP contribution in [0.2, 0.25) is 0 Å². The average molecular weight is 328 g/mol. The van der Waals surface area contributed by atoms with Crippen LogP contribution < -0.4 is 4.90 Å². The van der Waals surface area contributed by atoms with Crippen molar-refractivity contribution in [2.75, 3.05) is 37.7 Å². The molecule has 0 aliphatic carbocycles. The second-order valence-electron chi connectivity index (χ2n) is 6.13. The number of nitrogens with zero attached hydrogens (tertiary/aromatic N) is 6. The molecule has 1 aliphatic heterocycles. The van der Waals surface area contributed by atoms with Gasteiger partial charge in [-0.1, -0.05) is 0 Å². The molecule has 0 bridgehead atoms. The Morgan fingerprint density at radius 1 is 1.00 bits per heavy atom. The van der Waals surface area contributed by atoms with Crippen LogP contribution in [-0.2, 0) is 13.0 Å². The predicted molar refractivity (Wildman–Crippen MR) is 91.8 cm³/mol. The van der Waals surface area contributed by atoms with Gasteiger partial charge in [0.1, 0.15) is 17.5 Å². The topological polar surface area (TPSA) is 78.3 Å². The smallest absolute Gasteiger partial charge is 0.142 e. The lowest BCUT2D eigenvalue weighted by Crippen LogP contribution is -2.46. The maximum atomic E-state index is 9.02. The fraction of sp³-hybridized carbons (Fsp3) is 0.529. The highest BCUT2D eigenvalue weighted by atomic mass is 16.3. The molecule has 2 aromatic rings. The lowest BCUT2D eigenvalue weighted by molar-refractivity contribution is 0.243. The van der Waals surface area contributed by atoms with Crippen molar-refractivity contribution in [3.63, 3.8) is 0 Å². The van der Waals surface area contributed by atoms with E-state index in [1.807, 2.05) is 26.0 Å². The Kier molecular flexibility index (Phi) is 5.32. The van der Waals surface area contributed by atoms with Gasteiger partial charge in [-0.3, -0.25) is 4.90 Å². The summed E-state index contributed by atoms with van der Waals surface area (Å²) < 4.78 is 0. The van der Waals surface area contributed by atoms with Crippen LogP contribution in [-0.4, -0.2) is 62.7 Å². The molecule has 7 nitrogen and oxygen atoms in total. The molecule has 0 spiro atoms. The molecular formula is C17H24N6O. The first-order chi connectivity index (χ1) is 11.6. The van der Waals surface area contributed by atoms with Crippen LogP contribution >= 0.6 is 0 Å². The minimum atomic E-state index is 0.0765. The van der Waals surface area contributed by atoms with Crippen LogP contribution in [0.1, 0.15) is 23.0 Å². The fourth-order valence-electron chi connectivity index (χ4n) is 2.99. The molecule has 1 aliphatic rings. The average Bonchev–Trinajstić information content (AvgIpc) is 2.55. The van der Waals surface area contributed by atoms with Crippen LogP contribution in [0.15, 0.2) is 18.3 Å². The Morgan fingerprint density at radius 2 is 1.71 bits per heavy atom. The molecule has 0 aromatic carbocycles. The Balaban J connectivity index is 1.58. The number of anilines is 1. The fourth-order valence-corrected chi connectivity index (χ4v) is 2.99. The minimum Gasteiger partial charge on any atom is -0.396 e. The zero-order chi connectivity index (χ0) is 16.9. The van der Waals surface area contributed by atoms with Crippen molar-refractivity contribution in [1.82, 2.24) is 24.8 Å². The van der Waals surface area contributed by atoms with Crippen molar-refractivity contribution in [2.24, 2.45) is 0 Å². The highest BCUT2D eigenvalue weighted by Crippen LogP contribution is 2.14. The maximum Gasteiger partial charge on any atom is 0.142 e. The summed E-state index contributed by atoms with van der Waals surface area (Å²) in [7, 11) is 0. The highest BCUT2D eigenvalue weighted by Gasteiger charge is 2.19. The zero-order valence-electron chi connectivity index (χ0n) is 14.3. The van der Waals surface area contributed by atoms with Crippen molar-refractivity contribution in [3.8, 4) is 0 Å². The third-order valence-corrected chi connectivity index (χ3v) is 4.12. The molecule has 0 radical (unpaired) electrons. The predicted octanol–water partition coefficient (Wildman–Crippen LogP) is 0.740. The van der Waals surface area contributed by atoms with Crippen molar-refractivity contribution in [1.29, 1.82) is 0 Å². The van der Waals surface area contributed by atoms with Crippen LogP contribution in [0, 0.1) is 13.8 Å². The van der Waals surface area contributed by atoms with Gasteiger partial charge < -0.3 is 10.0 Å². The van der Waals surface area contributed by atoms with E-state index in [1.54, 1.807) is 6.20 Å². The number of piperazine rings is 1. The minimum absolute atomic E-state index is 0.0765. The molecule has 0 saturated carbocycles. The Bertz CT molecular complexity index is 664. The maximum absolute atomic E-state index is 9.02. The van der Waals surface area contributed by atoms with Crippen LogP contribution in [0.3, 0.4) is 0 Å². The summed E-state index contributed by atoms with van der Waals surface area (Å²) in [6, 6.07) is 3.93. The van der Waals surface area contributed by atoms with Crippen LogP contribution in [0.5, 0.6) is 0 Å². The monoisotopic (exact) mass is 328 g/mol. The van der Waals surface area contributed by atoms with E-state index < -0.39 is 0 Å². The lowest BCUT2D eigenvalue weighted by atomic mass is 10.3. The number of aromatic nitrogens is 4. The first-order valence-electron chi connectivity index (χ1n) is 8.35. The Labute approximate surface area is 142 Å². The standard InChI is InChI=1S/C17H24N6O/c1-13-11-14(2)20-16(19-13)12-22-6-8-23(9-7-22)17-3-5-18-15(21-17)4-10-24/h3,5,11,24H,4,6-10,12H2,1-2H3. The van der Waals surface area contributed by atoms with Gasteiger partial charge in [0.15, 0.2) is 0 Å². The van der Waals surface area contributed by atoms with Crippen LogP contribution in [0.4, 0.5) is 5.82 Å². The molecule has 7 heteroatoms. The molecule has 1 N–H and O–H groups in total. The molecule has 1 fully saturated rings. The SMILES string of the molecule is Cc1cc(C)nc(CN2CCN(c3ccnc(CCO)n3)CC2)n1. The van der Waals surface area contributed by atoms with Gasteiger partial charge in [0.2, 0.25) is 0 Å². The van der Waals surface area contributed by atoms with E-state index in [9.17, 15) is 0 Å². The summed E-state index contributed by atoms with van der Waals surface area (Å²) in [6.45, 7) is 8.62. The van der Waals surface area contributed by atoms with Gasteiger partial charge in [-0.2, -0.15) is 0 Å². The highest BCUT2D eigenvalue weighted by molar-refractivity contribution is 5.38. The molecule has 128 valence electrons. The molecule has 1 saturated heterocycles. The van der Waals surface area contributed by atoms with Crippen molar-refractivity contribution >= 4 is 5.82 Å². The number of hydrogen-bond acceptors (Lipinski definition) is 7. The third-order valence-electron chi connectivity index (χ3n) is 4.12. The van der Waals surface area contributed by atoms with E-state index >= 15 is 0 Å². The number of rotatable bonds is 5. The number of hydrogen-bond donors (Lipinski definition) is 1. The normalized spacial score (nSPS) is 15.7. The summed E-state index contributed by atoms with van der Waals surface area (Å²) >= 11 is 0. The number of aliphatic hydroxyl groups excluding tert-OH is 1. The van der Waals surface area contributed by atoms with E-state index in [0.29, 0.717) is 12.2 Å². The quantitative estimate of drug-likeness (QED) is 0.867. The molecule has 0 unspecified atom stereocenters. The van der Waals surface area contributed by atoms with Crippen LogP contribution in [0.25, 0.3) is 0 Å². The third kappa shape index (κ3) is 4.24. The van der Waals surface area contributed by atoms with Gasteiger partial charge in [-0.15, -0.1) is 0 Å². The van der Waals surface area contributed by atoms with Gasteiger partial charge in [0.25, 0.3) is 0 Å². The summed E-state index contributed by atoms with van der Waals surface area (Å²) in [6.07, 6.45) is 2.26.